The molecule has 0 saturated carbocycles. The van der Waals surface area contributed by atoms with Crippen LogP contribution in [-0.4, -0.2) is 32.3 Å². The Labute approximate surface area is 101 Å². The summed E-state index contributed by atoms with van der Waals surface area (Å²) < 4.78 is 10.3. The maximum absolute atomic E-state index is 11.6. The second-order valence-electron chi connectivity index (χ2n) is 3.62. The van der Waals surface area contributed by atoms with Gasteiger partial charge >= 0.3 is 0 Å². The number of methoxy groups -OCH3 is 1. The first-order valence-electron chi connectivity index (χ1n) is 5.42. The number of carbonyl (C=O) groups excluding carboxylic acids is 1. The fraction of sp³-hybridized carbons (Fsp3) is 0.417. The van der Waals surface area contributed by atoms with Crippen molar-refractivity contribution >= 4 is 11.6 Å². The Morgan fingerprint density at radius 1 is 1.53 bits per heavy atom. The van der Waals surface area contributed by atoms with Gasteiger partial charge in [-0.1, -0.05) is 6.07 Å². The lowest BCUT2D eigenvalue weighted by atomic mass is 10.3. The van der Waals surface area contributed by atoms with Crippen LogP contribution >= 0.6 is 0 Å². The Morgan fingerprint density at radius 2 is 2.29 bits per heavy atom. The second kappa shape index (κ2) is 6.75. The fourth-order valence-corrected chi connectivity index (χ4v) is 1.27. The van der Waals surface area contributed by atoms with Crippen LogP contribution in [0.15, 0.2) is 24.3 Å². The third-order valence-corrected chi connectivity index (χ3v) is 2.15. The number of hydrogen-bond donors (Lipinski definition) is 2. The van der Waals surface area contributed by atoms with Crippen LogP contribution in [0.5, 0.6) is 5.75 Å². The third kappa shape index (κ3) is 4.74. The van der Waals surface area contributed by atoms with Crippen molar-refractivity contribution in [1.82, 2.24) is 5.32 Å². The average Bonchev–Trinajstić information content (AvgIpc) is 2.29. The molecule has 0 bridgehead atoms. The minimum Gasteiger partial charge on any atom is -0.481 e. The van der Waals surface area contributed by atoms with Crippen molar-refractivity contribution in [3.8, 4) is 5.75 Å². The van der Waals surface area contributed by atoms with Crippen molar-refractivity contribution in [3.05, 3.63) is 24.3 Å². The van der Waals surface area contributed by atoms with Gasteiger partial charge in [0, 0.05) is 25.4 Å². The molecular formula is C12H18N2O3. The predicted molar refractivity (Wildman–Crippen MR) is 65.8 cm³/mol. The first-order chi connectivity index (χ1) is 8.13. The maximum atomic E-state index is 11.6. The molecule has 5 nitrogen and oxygen atoms in total. The molecule has 17 heavy (non-hydrogen) atoms. The summed E-state index contributed by atoms with van der Waals surface area (Å²) in [5.41, 5.74) is 6.22. The van der Waals surface area contributed by atoms with E-state index in [1.807, 2.05) is 0 Å². The van der Waals surface area contributed by atoms with E-state index in [0.29, 0.717) is 24.6 Å². The zero-order valence-corrected chi connectivity index (χ0v) is 10.1. The lowest BCUT2D eigenvalue weighted by Crippen LogP contribution is -2.37. The summed E-state index contributed by atoms with van der Waals surface area (Å²) >= 11 is 0. The van der Waals surface area contributed by atoms with Crippen molar-refractivity contribution in [2.24, 2.45) is 0 Å². The molecule has 5 heteroatoms. The van der Waals surface area contributed by atoms with E-state index in [0.717, 1.165) is 0 Å². The van der Waals surface area contributed by atoms with Crippen LogP contribution in [0, 0.1) is 0 Å². The third-order valence-electron chi connectivity index (χ3n) is 2.15. The predicted octanol–water partition coefficient (Wildman–Crippen LogP) is 0.799. The number of nitrogen functional groups attached to an aromatic ring is 1. The lowest BCUT2D eigenvalue weighted by Gasteiger charge is -2.14. The van der Waals surface area contributed by atoms with Crippen LogP contribution in [0.25, 0.3) is 0 Å². The first kappa shape index (κ1) is 13.3. The van der Waals surface area contributed by atoms with Gasteiger partial charge in [0.1, 0.15) is 5.75 Å². The summed E-state index contributed by atoms with van der Waals surface area (Å²) in [7, 11) is 1.58. The Morgan fingerprint density at radius 3 is 2.94 bits per heavy atom. The summed E-state index contributed by atoms with van der Waals surface area (Å²) in [5, 5.41) is 2.70. The van der Waals surface area contributed by atoms with E-state index in [4.69, 9.17) is 15.2 Å². The molecule has 1 aromatic carbocycles. The molecule has 0 aliphatic carbocycles. The van der Waals surface area contributed by atoms with Crippen molar-refractivity contribution in [2.45, 2.75) is 13.0 Å². The molecule has 0 saturated heterocycles. The monoisotopic (exact) mass is 238 g/mol. The van der Waals surface area contributed by atoms with Crippen molar-refractivity contribution in [2.75, 3.05) is 26.0 Å². The molecule has 0 aliphatic rings. The number of rotatable bonds is 6. The molecule has 1 aromatic rings. The number of ether oxygens (including phenoxy) is 2. The van der Waals surface area contributed by atoms with Crippen LogP contribution in [0.3, 0.4) is 0 Å². The highest BCUT2D eigenvalue weighted by Gasteiger charge is 2.13. The molecular weight excluding hydrogens is 220 g/mol. The van der Waals surface area contributed by atoms with Crippen LogP contribution in [0.1, 0.15) is 6.92 Å². The molecule has 1 atom stereocenters. The molecule has 3 N–H and O–H groups in total. The quantitative estimate of drug-likeness (QED) is 0.568. The summed E-state index contributed by atoms with van der Waals surface area (Å²) in [6.07, 6.45) is -0.561. The smallest absolute Gasteiger partial charge is 0.260 e. The van der Waals surface area contributed by atoms with Gasteiger partial charge in [0.2, 0.25) is 0 Å². The number of nitrogens with two attached hydrogens (primary N) is 1. The number of anilines is 1. The highest BCUT2D eigenvalue weighted by molar-refractivity contribution is 5.80. The normalized spacial score (nSPS) is 11.9. The fourth-order valence-electron chi connectivity index (χ4n) is 1.27. The molecule has 1 unspecified atom stereocenters. The van der Waals surface area contributed by atoms with Crippen LogP contribution in [-0.2, 0) is 9.53 Å². The van der Waals surface area contributed by atoms with Crippen molar-refractivity contribution in [1.29, 1.82) is 0 Å². The van der Waals surface area contributed by atoms with E-state index in [9.17, 15) is 4.79 Å². The minimum absolute atomic E-state index is 0.176. The van der Waals surface area contributed by atoms with Crippen LogP contribution in [0.4, 0.5) is 5.69 Å². The van der Waals surface area contributed by atoms with Gasteiger partial charge < -0.3 is 20.5 Å². The topological polar surface area (TPSA) is 73.6 Å². The largest absolute Gasteiger partial charge is 0.481 e. The molecule has 0 fully saturated rings. The second-order valence-corrected chi connectivity index (χ2v) is 3.62. The molecule has 1 amide bonds. The number of nitrogens with one attached hydrogen (secondary N) is 1. The van der Waals surface area contributed by atoms with E-state index < -0.39 is 6.10 Å². The standard InChI is InChI=1S/C12H18N2O3/c1-9(12(15)14-6-7-16-2)17-11-5-3-4-10(13)8-11/h3-5,8-9H,6-7,13H2,1-2H3,(H,14,15). The van der Waals surface area contributed by atoms with Gasteiger partial charge in [-0.05, 0) is 19.1 Å². The molecule has 1 rings (SSSR count). The van der Waals surface area contributed by atoms with Gasteiger partial charge in [0.25, 0.3) is 5.91 Å². The van der Waals surface area contributed by atoms with Crippen LogP contribution in [0.2, 0.25) is 0 Å². The van der Waals surface area contributed by atoms with Gasteiger partial charge in [0.15, 0.2) is 6.10 Å². The molecule has 0 radical (unpaired) electrons. The number of benzene rings is 1. The van der Waals surface area contributed by atoms with Gasteiger partial charge in [-0.3, -0.25) is 4.79 Å². The minimum atomic E-state index is -0.561. The first-order valence-corrected chi connectivity index (χ1v) is 5.42. The van der Waals surface area contributed by atoms with Crippen LogP contribution < -0.4 is 15.8 Å². The van der Waals surface area contributed by atoms with E-state index in [1.54, 1.807) is 38.3 Å². The van der Waals surface area contributed by atoms with E-state index in [1.165, 1.54) is 0 Å². The zero-order chi connectivity index (χ0) is 12.7. The lowest BCUT2D eigenvalue weighted by molar-refractivity contribution is -0.127. The van der Waals surface area contributed by atoms with Crippen molar-refractivity contribution < 1.29 is 14.3 Å². The Hall–Kier alpha value is -1.75. The number of carbonyl (C=O) groups is 1. The number of hydrogen-bond acceptors (Lipinski definition) is 4. The van der Waals surface area contributed by atoms with E-state index >= 15 is 0 Å². The maximum Gasteiger partial charge on any atom is 0.260 e. The van der Waals surface area contributed by atoms with Gasteiger partial charge in [-0.15, -0.1) is 0 Å². The Bertz CT molecular complexity index is 369. The molecule has 0 spiro atoms. The summed E-state index contributed by atoms with van der Waals surface area (Å²) in [5.74, 6) is 0.406. The average molecular weight is 238 g/mol. The highest BCUT2D eigenvalue weighted by Crippen LogP contribution is 2.15. The zero-order valence-electron chi connectivity index (χ0n) is 10.1. The molecule has 0 aliphatic heterocycles. The molecule has 94 valence electrons. The molecule has 0 heterocycles. The summed E-state index contributed by atoms with van der Waals surface area (Å²) in [4.78, 5) is 11.6. The number of amides is 1. The Kier molecular flexibility index (Phi) is 5.29. The van der Waals surface area contributed by atoms with E-state index in [2.05, 4.69) is 5.32 Å². The summed E-state index contributed by atoms with van der Waals surface area (Å²) in [6, 6.07) is 6.98. The van der Waals surface area contributed by atoms with E-state index in [-0.39, 0.29) is 5.91 Å². The van der Waals surface area contributed by atoms with Gasteiger partial charge in [-0.2, -0.15) is 0 Å². The summed E-state index contributed by atoms with van der Waals surface area (Å²) in [6.45, 7) is 2.64. The Balaban J connectivity index is 2.43. The molecule has 0 aromatic heterocycles. The highest BCUT2D eigenvalue weighted by atomic mass is 16.5. The SMILES string of the molecule is COCCNC(=O)C(C)Oc1cccc(N)c1. The van der Waals surface area contributed by atoms with Gasteiger partial charge in [0.05, 0.1) is 6.61 Å². The van der Waals surface area contributed by atoms with Crippen molar-refractivity contribution in [3.63, 3.8) is 0 Å². The van der Waals surface area contributed by atoms with Gasteiger partial charge in [-0.25, -0.2) is 0 Å².